The molecular weight excluding hydrogens is 1830 g/mol. The molecule has 1 saturated carbocycles. The third-order valence-electron chi connectivity index (χ3n) is 25.6. The fourth-order valence-corrected chi connectivity index (χ4v) is 22.4. The number of amides is 8. The van der Waals surface area contributed by atoms with Gasteiger partial charge in [-0.3, -0.25) is 34.2 Å². The van der Waals surface area contributed by atoms with Gasteiger partial charge >= 0.3 is 24.4 Å². The van der Waals surface area contributed by atoms with Crippen molar-refractivity contribution < 1.29 is 57.3 Å². The number of hydrogen-bond donors (Lipinski definition) is 4. The number of carbonyl (C=O) groups excluding carboxylic acids is 8. The number of nitrogens with zero attached hydrogens (tertiary/aromatic N) is 8. The minimum absolute atomic E-state index is 0.00810. The summed E-state index contributed by atoms with van der Waals surface area (Å²) in [7, 11) is 0. The number of fused-ring (bicyclic) bond motifs is 8. The van der Waals surface area contributed by atoms with E-state index in [1.54, 1.807) is 87.4 Å². The number of ether oxygens (including phenoxy) is 4. The van der Waals surface area contributed by atoms with Crippen molar-refractivity contribution in [3.05, 3.63) is 249 Å². The average molecular weight is 1960 g/mol. The summed E-state index contributed by atoms with van der Waals surface area (Å²) in [4.78, 5) is 136. The largest absolute Gasteiger partial charge is 0.450 e. The topological polar surface area (TPSA) is 284 Å². The monoisotopic (exact) mass is 1950 g/mol. The second kappa shape index (κ2) is 49.2. The lowest BCUT2D eigenvalue weighted by atomic mass is 9.83. The Morgan fingerprint density at radius 3 is 1.04 bits per heavy atom. The van der Waals surface area contributed by atoms with Crippen LogP contribution in [0.4, 0.5) is 41.9 Å². The number of nitrogens with one attached hydrogen (secondary N) is 4. The predicted molar refractivity (Wildman–Crippen MR) is 550 cm³/mol. The summed E-state index contributed by atoms with van der Waals surface area (Å²) in [6.45, 7) is 20.0. The summed E-state index contributed by atoms with van der Waals surface area (Å²) >= 11 is 12.9. The molecule has 5 fully saturated rings. The van der Waals surface area contributed by atoms with Crippen molar-refractivity contribution in [1.29, 1.82) is 0 Å². The highest BCUT2D eigenvalue weighted by Crippen LogP contribution is 2.48. The van der Waals surface area contributed by atoms with Gasteiger partial charge in [0.15, 0.2) is 0 Å². The van der Waals surface area contributed by atoms with E-state index in [1.807, 2.05) is 116 Å². The zero-order valence-corrected chi connectivity index (χ0v) is 83.7. The van der Waals surface area contributed by atoms with E-state index in [0.717, 1.165) is 133 Å². The Morgan fingerprint density at radius 2 is 0.674 bits per heavy atom. The average Bonchev–Trinajstić information content (AvgIpc) is 1.64. The molecule has 138 heavy (non-hydrogen) atoms. The molecule has 9 aromatic carbocycles. The van der Waals surface area contributed by atoms with Gasteiger partial charge in [0.2, 0.25) is 0 Å². The van der Waals surface area contributed by atoms with Crippen LogP contribution >= 0.6 is 58.6 Å². The fourth-order valence-electron chi connectivity index (χ4n) is 18.2. The van der Waals surface area contributed by atoms with E-state index in [-0.39, 0.29) is 72.2 Å². The summed E-state index contributed by atoms with van der Waals surface area (Å²) in [5, 5.41) is 13.2. The Labute approximate surface area is 831 Å². The van der Waals surface area contributed by atoms with E-state index in [1.165, 1.54) is 82.0 Å². The normalized spacial score (nSPS) is 16.4. The fraction of sp³-hybridized carbons (Fsp3) is 0.394. The van der Waals surface area contributed by atoms with Gasteiger partial charge in [-0.05, 0) is 226 Å². The zero-order chi connectivity index (χ0) is 96.6. The van der Waals surface area contributed by atoms with Gasteiger partial charge in [0.25, 0.3) is 23.6 Å². The number of carbonyl (C=O) groups is 8. The SMILES string of the molecule is CCCCCC1=Nc2cc(C(=O)NC3CCN(C(=O)OCC)CC3)ccc2Sc2ccccc21.CCOC(=O)N1CCC(NC(=O)c2ccc3c(c2)N=C(C2CCCCC2)c2ccccc2S3)CC1.CCOC(=O)N1CCC(NC(=O)c2ccc3c(c2)N=C(CC(C)C)c2ccccc2S3)CC1.CCOC(=O)N1CCC(NC(=O)c2ccc3c(c2)N=C(c2ccc(Cl)cc2)c2ccccc2S3)CC1. The number of unbranched alkanes of at least 4 members (excludes halogenated alkanes) is 2. The molecule has 0 unspecified atom stereocenters. The Bertz CT molecular complexity index is 5990. The minimum atomic E-state index is -0.291. The van der Waals surface area contributed by atoms with Crippen molar-refractivity contribution >= 4 is 152 Å². The van der Waals surface area contributed by atoms with Gasteiger partial charge in [0.05, 0.1) is 60.6 Å². The molecule has 9 aliphatic rings. The summed E-state index contributed by atoms with van der Waals surface area (Å²) in [6, 6.07) is 64.4. The molecule has 1 aliphatic carbocycles. The van der Waals surface area contributed by atoms with E-state index in [4.69, 9.17) is 50.5 Å². The number of piperidine rings is 4. The first kappa shape index (κ1) is 101. The smallest absolute Gasteiger partial charge is 0.409 e. The molecule has 0 radical (unpaired) electrons. The van der Waals surface area contributed by atoms with Crippen LogP contribution < -0.4 is 21.3 Å². The predicted octanol–water partition coefficient (Wildman–Crippen LogP) is 24.4. The van der Waals surface area contributed by atoms with Crippen LogP contribution in [0.5, 0.6) is 0 Å². The second-order valence-electron chi connectivity index (χ2n) is 35.8. The number of benzene rings is 9. The van der Waals surface area contributed by atoms with Crippen molar-refractivity contribution in [3.8, 4) is 0 Å². The summed E-state index contributed by atoms with van der Waals surface area (Å²) in [6.07, 6.45) is 16.1. The first-order valence-corrected chi connectivity index (χ1v) is 52.4. The van der Waals surface area contributed by atoms with Crippen LogP contribution in [0.2, 0.25) is 5.02 Å². The van der Waals surface area contributed by atoms with Crippen LogP contribution in [0.1, 0.15) is 233 Å². The van der Waals surface area contributed by atoms with Gasteiger partial charge in [-0.25, -0.2) is 24.2 Å². The number of rotatable bonds is 20. The van der Waals surface area contributed by atoms with E-state index in [0.29, 0.717) is 131 Å². The maximum atomic E-state index is 13.1. The molecule has 0 atom stereocenters. The molecule has 0 spiro atoms. The van der Waals surface area contributed by atoms with Crippen LogP contribution in [0.3, 0.4) is 0 Å². The van der Waals surface area contributed by atoms with E-state index >= 15 is 0 Å². The zero-order valence-electron chi connectivity index (χ0n) is 79.6. The number of halogens is 1. The molecule has 8 heterocycles. The van der Waals surface area contributed by atoms with E-state index < -0.39 is 0 Å². The third kappa shape index (κ3) is 26.5. The second-order valence-corrected chi connectivity index (χ2v) is 40.6. The van der Waals surface area contributed by atoms with Gasteiger partial charge in [-0.2, -0.15) is 0 Å². The first-order valence-electron chi connectivity index (χ1n) is 48.8. The lowest BCUT2D eigenvalue weighted by molar-refractivity contribution is 0.0844. The van der Waals surface area contributed by atoms with Crippen LogP contribution in [-0.2, 0) is 18.9 Å². The molecule has 24 nitrogen and oxygen atoms in total. The molecule has 4 N–H and O–H groups in total. The quantitative estimate of drug-likeness (QED) is 0.0407. The molecule has 29 heteroatoms. The van der Waals surface area contributed by atoms with Crippen LogP contribution in [0.15, 0.2) is 253 Å². The van der Waals surface area contributed by atoms with Crippen molar-refractivity contribution in [3.63, 3.8) is 0 Å². The van der Waals surface area contributed by atoms with Gasteiger partial charge in [0, 0.05) is 188 Å². The van der Waals surface area contributed by atoms with E-state index in [9.17, 15) is 38.4 Å². The summed E-state index contributed by atoms with van der Waals surface area (Å²) in [5.74, 6) is 0.548. The van der Waals surface area contributed by atoms with Crippen LogP contribution in [-0.4, -0.2) is 193 Å². The van der Waals surface area contributed by atoms with Crippen molar-refractivity contribution in [2.24, 2.45) is 31.8 Å². The molecule has 8 amide bonds. The maximum Gasteiger partial charge on any atom is 0.409 e. The lowest BCUT2D eigenvalue weighted by Crippen LogP contribution is -2.46. The van der Waals surface area contributed by atoms with Crippen LogP contribution in [0.25, 0.3) is 0 Å². The highest BCUT2D eigenvalue weighted by molar-refractivity contribution is 8.00. The minimum Gasteiger partial charge on any atom is -0.450 e. The van der Waals surface area contributed by atoms with E-state index in [2.05, 4.69) is 127 Å². The highest BCUT2D eigenvalue weighted by atomic mass is 35.5. The molecule has 0 aromatic heterocycles. The Kier molecular flexibility index (Phi) is 35.9. The maximum absolute atomic E-state index is 13.1. The van der Waals surface area contributed by atoms with Crippen molar-refractivity contribution in [1.82, 2.24) is 40.9 Å². The van der Waals surface area contributed by atoms with Gasteiger partial charge in [0.1, 0.15) is 0 Å². The lowest BCUT2D eigenvalue weighted by Gasteiger charge is -2.31. The molecule has 9 aromatic rings. The Hall–Kier alpha value is -11.7. The van der Waals surface area contributed by atoms with Gasteiger partial charge in [-0.15, -0.1) is 0 Å². The summed E-state index contributed by atoms with van der Waals surface area (Å²) in [5.41, 5.74) is 15.6. The molecule has 18 rings (SSSR count). The van der Waals surface area contributed by atoms with Crippen LogP contribution in [0, 0.1) is 11.8 Å². The number of hydrogen-bond acceptors (Lipinski definition) is 20. The number of aliphatic imine (C=N–C) groups is 4. The first-order chi connectivity index (χ1) is 67.2. The molecular formula is C109H123ClN12O12S4. The highest BCUT2D eigenvalue weighted by Gasteiger charge is 2.34. The molecule has 722 valence electrons. The molecule has 0 bridgehead atoms. The van der Waals surface area contributed by atoms with Crippen molar-refractivity contribution in [2.45, 2.75) is 227 Å². The Balaban J connectivity index is 0.000000140. The Morgan fingerprint density at radius 1 is 0.355 bits per heavy atom. The summed E-state index contributed by atoms with van der Waals surface area (Å²) < 4.78 is 20.3. The molecule has 4 saturated heterocycles. The third-order valence-corrected chi connectivity index (χ3v) is 30.4. The van der Waals surface area contributed by atoms with Gasteiger partial charge < -0.3 is 59.8 Å². The molecule has 8 aliphatic heterocycles. The standard InChI is InChI=1S/C28H26ClN3O3S.C28H33N3O3S.C27H33N3O3S.C26H31N3O3S/c1-2-35-28(34)32-15-13-21(14-16-32)30-27(33)19-9-12-25-23(17-19)31-26(18-7-10-20(29)11-8-18)22-5-3-4-6-24(22)36-25;1-2-34-28(33)31-16-14-21(15-17-31)29-27(32)20-12-13-25-23(18-20)30-26(19-8-4-3-5-9-19)22-10-6-7-11-24(22)35-25;1-3-5-6-10-22-21-9-7-8-11-24(21)34-25-13-12-19(18-23(25)29-22)26(31)28-20-14-16-30(17-15-20)27(32)33-4-2;1-4-32-26(31)29-13-11-19(12-14-29)27-25(30)18-9-10-24-22(16-18)28-21(15-17(2)3)20-7-5-6-8-23(20)33-24/h3-12,17,21H,2,13-16H2,1H3,(H,30,33);6-7,10-13,18-19,21H,2-5,8-9,14-17H2,1H3,(H,29,32);7-9,11-13,18,20H,3-6,10,14-17H2,1-2H3,(H,28,31);5-10,16-17,19H,4,11-15H2,1-3H3,(H,27,30). The van der Waals surface area contributed by atoms with Gasteiger partial charge in [-0.1, -0.05) is 196 Å². The number of likely N-dealkylation sites (tertiary alicyclic amines) is 4. The van der Waals surface area contributed by atoms with Crippen molar-refractivity contribution in [2.75, 3.05) is 78.8 Å².